The van der Waals surface area contributed by atoms with Crippen LogP contribution in [0, 0.1) is 11.8 Å². The number of carbonyl (C=O) groups is 2. The fraction of sp³-hybridized carbons (Fsp3) is 0.640. The van der Waals surface area contributed by atoms with Gasteiger partial charge in [0.05, 0.1) is 24.1 Å². The molecule has 8 heteroatoms. The summed E-state index contributed by atoms with van der Waals surface area (Å²) in [5.41, 5.74) is 7.95. The normalized spacial score (nSPS) is 28.8. The number of ether oxygens (including phenoxy) is 1. The summed E-state index contributed by atoms with van der Waals surface area (Å²) >= 11 is 0. The molecule has 1 saturated carbocycles. The molecule has 5 atom stereocenters. The van der Waals surface area contributed by atoms with Crippen LogP contribution in [0.4, 0.5) is 0 Å². The maximum Gasteiger partial charge on any atom is 0.231 e. The van der Waals surface area contributed by atoms with E-state index in [0.29, 0.717) is 32.3 Å². The van der Waals surface area contributed by atoms with Crippen molar-refractivity contribution < 1.29 is 19.4 Å². The van der Waals surface area contributed by atoms with Crippen molar-refractivity contribution in [3.05, 3.63) is 35.4 Å². The Balaban J connectivity index is 1.49. The highest BCUT2D eigenvalue weighted by Crippen LogP contribution is 2.46. The van der Waals surface area contributed by atoms with E-state index >= 15 is 0 Å². The molecule has 0 spiro atoms. The lowest BCUT2D eigenvalue weighted by molar-refractivity contribution is -0.133. The number of aliphatic imine (C=N–C) groups is 1. The Kier molecular flexibility index (Phi) is 6.77. The average molecular weight is 457 g/mol. The van der Waals surface area contributed by atoms with Crippen LogP contribution >= 0.6 is 0 Å². The summed E-state index contributed by atoms with van der Waals surface area (Å²) in [4.78, 5) is 32.7. The van der Waals surface area contributed by atoms with Gasteiger partial charge in [0, 0.05) is 32.1 Å². The van der Waals surface area contributed by atoms with Crippen molar-refractivity contribution in [2.24, 2.45) is 22.6 Å². The van der Waals surface area contributed by atoms with Crippen LogP contribution in [-0.4, -0.2) is 59.2 Å². The van der Waals surface area contributed by atoms with Gasteiger partial charge < -0.3 is 20.9 Å². The zero-order chi connectivity index (χ0) is 23.8. The first-order chi connectivity index (χ1) is 15.8. The van der Waals surface area contributed by atoms with E-state index in [1.54, 1.807) is 12.0 Å². The molecule has 4 N–H and O–H groups in total. The first-order valence-corrected chi connectivity index (χ1v) is 12.1. The minimum atomic E-state index is -0.629. The standard InChI is InChI=1S/C25H36N4O4/c1-4-25(5-2)14-21(31)29(24(26)28-25)19(10-11-33-3)17-13-18(17)23(32)27-22-16-9-7-6-8-15(16)12-20(22)30/h6-9,17-20,22,30H,4-5,10-14H2,1-3H3,(H2,26,28)(H,27,32)/t17?,18-,19-,20-,22-/m1/s1. The minimum absolute atomic E-state index is 0.0117. The van der Waals surface area contributed by atoms with E-state index < -0.39 is 17.7 Å². The van der Waals surface area contributed by atoms with E-state index in [1.807, 2.05) is 38.1 Å². The molecular formula is C25H36N4O4. The Morgan fingerprint density at radius 2 is 2.09 bits per heavy atom. The number of fused-ring (bicyclic) bond motifs is 1. The monoisotopic (exact) mass is 456 g/mol. The molecule has 1 aromatic rings. The predicted octanol–water partition coefficient (Wildman–Crippen LogP) is 1.91. The quantitative estimate of drug-likeness (QED) is 0.525. The van der Waals surface area contributed by atoms with Crippen molar-refractivity contribution in [3.8, 4) is 0 Å². The van der Waals surface area contributed by atoms with Crippen LogP contribution in [0.25, 0.3) is 0 Å². The summed E-state index contributed by atoms with van der Waals surface area (Å²) in [7, 11) is 1.63. The van der Waals surface area contributed by atoms with Crippen LogP contribution in [0.1, 0.15) is 63.1 Å². The smallest absolute Gasteiger partial charge is 0.231 e. The molecule has 1 heterocycles. The summed E-state index contributed by atoms with van der Waals surface area (Å²) in [6, 6.07) is 7.19. The zero-order valence-electron chi connectivity index (χ0n) is 19.8. The van der Waals surface area contributed by atoms with Gasteiger partial charge in [-0.05, 0) is 42.7 Å². The molecule has 0 saturated heterocycles. The number of aliphatic hydroxyl groups excluding tert-OH is 1. The Morgan fingerprint density at radius 1 is 1.36 bits per heavy atom. The Hall–Kier alpha value is -2.45. The second-order valence-electron chi connectivity index (χ2n) is 9.65. The van der Waals surface area contributed by atoms with Gasteiger partial charge in [-0.2, -0.15) is 0 Å². The SMILES string of the molecule is CCC1(CC)CC(=O)N([C@H](CCOC)C2C[C@H]2C(=O)N[C@@H]2c3ccccc3C[C@H]2O)C(N)=N1. The van der Waals surface area contributed by atoms with E-state index in [4.69, 9.17) is 15.5 Å². The second-order valence-corrected chi connectivity index (χ2v) is 9.65. The van der Waals surface area contributed by atoms with E-state index in [0.717, 1.165) is 24.0 Å². The van der Waals surface area contributed by atoms with Gasteiger partial charge in [-0.25, -0.2) is 4.99 Å². The Labute approximate surface area is 195 Å². The molecule has 0 bridgehead atoms. The van der Waals surface area contributed by atoms with Crippen LogP contribution < -0.4 is 11.1 Å². The first-order valence-electron chi connectivity index (χ1n) is 12.1. The number of hydrogen-bond donors (Lipinski definition) is 3. The fourth-order valence-electron chi connectivity index (χ4n) is 5.57. The van der Waals surface area contributed by atoms with Gasteiger partial charge in [0.25, 0.3) is 0 Å². The van der Waals surface area contributed by atoms with Crippen LogP contribution in [-0.2, 0) is 20.7 Å². The van der Waals surface area contributed by atoms with Crippen molar-refractivity contribution in [3.63, 3.8) is 0 Å². The molecule has 0 radical (unpaired) electrons. The number of nitrogens with zero attached hydrogens (tertiary/aromatic N) is 2. The van der Waals surface area contributed by atoms with E-state index in [1.165, 1.54) is 0 Å². The third-order valence-electron chi connectivity index (χ3n) is 7.79. The molecule has 0 aromatic heterocycles. The maximum atomic E-state index is 13.2. The molecule has 1 unspecified atom stereocenters. The number of methoxy groups -OCH3 is 1. The predicted molar refractivity (Wildman–Crippen MR) is 125 cm³/mol. The van der Waals surface area contributed by atoms with Crippen molar-refractivity contribution in [2.45, 2.75) is 76.1 Å². The largest absolute Gasteiger partial charge is 0.390 e. The number of nitrogens with two attached hydrogens (primary N) is 1. The highest BCUT2D eigenvalue weighted by molar-refractivity contribution is 5.99. The lowest BCUT2D eigenvalue weighted by atomic mass is 9.87. The molecular weight excluding hydrogens is 420 g/mol. The topological polar surface area (TPSA) is 117 Å². The fourth-order valence-corrected chi connectivity index (χ4v) is 5.57. The minimum Gasteiger partial charge on any atom is -0.390 e. The van der Waals surface area contributed by atoms with Crippen molar-refractivity contribution in [2.75, 3.05) is 13.7 Å². The maximum absolute atomic E-state index is 13.2. The third kappa shape index (κ3) is 4.51. The van der Waals surface area contributed by atoms with Gasteiger partial charge in [-0.3, -0.25) is 14.5 Å². The highest BCUT2D eigenvalue weighted by Gasteiger charge is 2.53. The van der Waals surface area contributed by atoms with Gasteiger partial charge in [0.2, 0.25) is 11.8 Å². The van der Waals surface area contributed by atoms with Crippen molar-refractivity contribution in [1.29, 1.82) is 0 Å². The summed E-state index contributed by atoms with van der Waals surface area (Å²) in [6.07, 6.45) is 3.02. The molecule has 8 nitrogen and oxygen atoms in total. The molecule has 3 aliphatic rings. The molecule has 2 aliphatic carbocycles. The number of benzene rings is 1. The van der Waals surface area contributed by atoms with E-state index in [2.05, 4.69) is 5.32 Å². The average Bonchev–Trinajstić information content (AvgIpc) is 3.54. The van der Waals surface area contributed by atoms with E-state index in [-0.39, 0.29) is 35.7 Å². The Morgan fingerprint density at radius 3 is 2.76 bits per heavy atom. The highest BCUT2D eigenvalue weighted by atomic mass is 16.5. The first kappa shape index (κ1) is 23.7. The number of amides is 2. The molecule has 33 heavy (non-hydrogen) atoms. The zero-order valence-corrected chi connectivity index (χ0v) is 19.8. The second kappa shape index (κ2) is 9.43. The van der Waals surface area contributed by atoms with Gasteiger partial charge in [0.1, 0.15) is 0 Å². The number of guanidine groups is 1. The Bertz CT molecular complexity index is 929. The summed E-state index contributed by atoms with van der Waals surface area (Å²) in [6.45, 7) is 4.53. The lowest BCUT2D eigenvalue weighted by Gasteiger charge is -2.40. The van der Waals surface area contributed by atoms with Crippen molar-refractivity contribution >= 4 is 17.8 Å². The van der Waals surface area contributed by atoms with Crippen LogP contribution in [0.5, 0.6) is 0 Å². The van der Waals surface area contributed by atoms with Gasteiger partial charge in [-0.1, -0.05) is 38.1 Å². The molecule has 1 aliphatic heterocycles. The number of aliphatic hydroxyl groups is 1. The number of hydrogen-bond acceptors (Lipinski definition) is 6. The summed E-state index contributed by atoms with van der Waals surface area (Å²) in [5.74, 6) is -0.0980. The summed E-state index contributed by atoms with van der Waals surface area (Å²) < 4.78 is 5.30. The number of rotatable bonds is 9. The number of carbonyl (C=O) groups excluding carboxylic acids is 2. The molecule has 4 rings (SSSR count). The third-order valence-corrected chi connectivity index (χ3v) is 7.79. The van der Waals surface area contributed by atoms with Crippen LogP contribution in [0.2, 0.25) is 0 Å². The van der Waals surface area contributed by atoms with Gasteiger partial charge in [-0.15, -0.1) is 0 Å². The number of nitrogens with one attached hydrogen (secondary N) is 1. The molecule has 1 fully saturated rings. The lowest BCUT2D eigenvalue weighted by Crippen LogP contribution is -2.56. The van der Waals surface area contributed by atoms with Crippen LogP contribution in [0.3, 0.4) is 0 Å². The molecule has 1 aromatic carbocycles. The molecule has 2 amide bonds. The van der Waals surface area contributed by atoms with Crippen molar-refractivity contribution in [1.82, 2.24) is 10.2 Å². The van der Waals surface area contributed by atoms with E-state index in [9.17, 15) is 14.7 Å². The summed E-state index contributed by atoms with van der Waals surface area (Å²) in [5, 5.41) is 13.6. The van der Waals surface area contributed by atoms with Gasteiger partial charge >= 0.3 is 0 Å². The van der Waals surface area contributed by atoms with Gasteiger partial charge in [0.15, 0.2) is 5.96 Å². The molecule has 180 valence electrons. The van der Waals surface area contributed by atoms with Crippen LogP contribution in [0.15, 0.2) is 29.3 Å².